The van der Waals surface area contributed by atoms with Crippen LogP contribution < -0.4 is 5.32 Å². The van der Waals surface area contributed by atoms with E-state index in [4.69, 9.17) is 0 Å². The van der Waals surface area contributed by atoms with Crippen LogP contribution in [0.3, 0.4) is 0 Å². The third kappa shape index (κ3) is 1.69. The highest BCUT2D eigenvalue weighted by Crippen LogP contribution is 2.30. The van der Waals surface area contributed by atoms with Crippen molar-refractivity contribution in [3.8, 4) is 0 Å². The standard InChI is InChI=1S/C12H19N3/c1-2-6-11(13-8-3-1)12-9-5-4-7-10(9)14-15-12/h11,13H,1-8H2,(H,14,15). The van der Waals surface area contributed by atoms with E-state index in [2.05, 4.69) is 15.5 Å². The molecule has 0 aromatic carbocycles. The Labute approximate surface area is 90.7 Å². The largest absolute Gasteiger partial charge is 0.309 e. The van der Waals surface area contributed by atoms with Gasteiger partial charge in [-0.3, -0.25) is 5.10 Å². The first kappa shape index (κ1) is 9.40. The molecule has 82 valence electrons. The first-order chi connectivity index (χ1) is 7.45. The molecule has 3 rings (SSSR count). The molecule has 1 saturated heterocycles. The van der Waals surface area contributed by atoms with Gasteiger partial charge >= 0.3 is 0 Å². The second-order valence-electron chi connectivity index (χ2n) is 4.78. The number of aromatic nitrogens is 2. The Morgan fingerprint density at radius 3 is 3.07 bits per heavy atom. The van der Waals surface area contributed by atoms with Crippen molar-refractivity contribution in [2.24, 2.45) is 0 Å². The van der Waals surface area contributed by atoms with E-state index >= 15 is 0 Å². The highest BCUT2D eigenvalue weighted by atomic mass is 15.1. The van der Waals surface area contributed by atoms with E-state index in [-0.39, 0.29) is 0 Å². The minimum Gasteiger partial charge on any atom is -0.309 e. The van der Waals surface area contributed by atoms with Crippen molar-refractivity contribution in [1.29, 1.82) is 0 Å². The number of rotatable bonds is 1. The normalized spacial score (nSPS) is 26.3. The summed E-state index contributed by atoms with van der Waals surface area (Å²) in [5, 5.41) is 11.4. The molecule has 15 heavy (non-hydrogen) atoms. The first-order valence-electron chi connectivity index (χ1n) is 6.24. The van der Waals surface area contributed by atoms with Gasteiger partial charge in [-0.1, -0.05) is 12.8 Å². The molecule has 3 nitrogen and oxygen atoms in total. The van der Waals surface area contributed by atoms with Crippen molar-refractivity contribution in [2.45, 2.75) is 51.0 Å². The molecule has 1 fully saturated rings. The molecule has 0 spiro atoms. The summed E-state index contributed by atoms with van der Waals surface area (Å²) in [5.41, 5.74) is 4.25. The zero-order valence-corrected chi connectivity index (χ0v) is 9.18. The van der Waals surface area contributed by atoms with Crippen molar-refractivity contribution in [3.05, 3.63) is 17.0 Å². The Morgan fingerprint density at radius 2 is 2.07 bits per heavy atom. The highest BCUT2D eigenvalue weighted by molar-refractivity contribution is 5.31. The Bertz CT molecular complexity index is 335. The van der Waals surface area contributed by atoms with Gasteiger partial charge in [-0.15, -0.1) is 0 Å². The Kier molecular flexibility index (Phi) is 2.49. The van der Waals surface area contributed by atoms with Gasteiger partial charge in [-0.05, 0) is 44.2 Å². The van der Waals surface area contributed by atoms with Crippen molar-refractivity contribution >= 4 is 0 Å². The van der Waals surface area contributed by atoms with E-state index in [1.807, 2.05) is 0 Å². The molecule has 2 aliphatic rings. The molecule has 0 bridgehead atoms. The predicted octanol–water partition coefficient (Wildman–Crippen LogP) is 2.10. The number of nitrogens with one attached hydrogen (secondary N) is 2. The van der Waals surface area contributed by atoms with Gasteiger partial charge in [0.2, 0.25) is 0 Å². The van der Waals surface area contributed by atoms with Crippen LogP contribution in [0.4, 0.5) is 0 Å². The van der Waals surface area contributed by atoms with E-state index in [0.717, 1.165) is 6.54 Å². The summed E-state index contributed by atoms with van der Waals surface area (Å²) >= 11 is 0. The lowest BCUT2D eigenvalue weighted by Crippen LogP contribution is -2.21. The minimum atomic E-state index is 0.519. The van der Waals surface area contributed by atoms with Gasteiger partial charge in [0.25, 0.3) is 0 Å². The van der Waals surface area contributed by atoms with Crippen LogP contribution in [0.2, 0.25) is 0 Å². The molecule has 0 amide bonds. The summed E-state index contributed by atoms with van der Waals surface area (Å²) < 4.78 is 0. The van der Waals surface area contributed by atoms with E-state index in [1.54, 1.807) is 0 Å². The van der Waals surface area contributed by atoms with Gasteiger partial charge in [-0.2, -0.15) is 5.10 Å². The Morgan fingerprint density at radius 1 is 1.07 bits per heavy atom. The number of aromatic amines is 1. The van der Waals surface area contributed by atoms with E-state index in [0.29, 0.717) is 6.04 Å². The zero-order chi connectivity index (χ0) is 10.1. The average Bonchev–Trinajstić information content (AvgIpc) is 2.74. The summed E-state index contributed by atoms with van der Waals surface area (Å²) in [4.78, 5) is 0. The zero-order valence-electron chi connectivity index (χ0n) is 9.18. The SMILES string of the molecule is C1CCNC(c2n[nH]c3c2CCC3)CC1. The molecule has 2 N–H and O–H groups in total. The van der Waals surface area contributed by atoms with Crippen LogP contribution in [-0.2, 0) is 12.8 Å². The second-order valence-corrected chi connectivity index (χ2v) is 4.78. The Balaban J connectivity index is 1.84. The maximum absolute atomic E-state index is 4.52. The van der Waals surface area contributed by atoms with Crippen molar-refractivity contribution in [1.82, 2.24) is 15.5 Å². The minimum absolute atomic E-state index is 0.519. The van der Waals surface area contributed by atoms with Gasteiger partial charge in [0.1, 0.15) is 0 Å². The molecule has 1 aliphatic carbocycles. The monoisotopic (exact) mass is 205 g/mol. The molecule has 1 aromatic rings. The molecule has 1 aliphatic heterocycles. The fourth-order valence-electron chi connectivity index (χ4n) is 2.90. The molecule has 3 heteroatoms. The molecular weight excluding hydrogens is 186 g/mol. The topological polar surface area (TPSA) is 40.7 Å². The van der Waals surface area contributed by atoms with E-state index in [9.17, 15) is 0 Å². The molecule has 1 atom stereocenters. The van der Waals surface area contributed by atoms with Crippen molar-refractivity contribution in [2.75, 3.05) is 6.54 Å². The molecule has 0 radical (unpaired) electrons. The lowest BCUT2D eigenvalue weighted by molar-refractivity contribution is 0.516. The predicted molar refractivity (Wildman–Crippen MR) is 59.8 cm³/mol. The van der Waals surface area contributed by atoms with Crippen LogP contribution in [0.15, 0.2) is 0 Å². The number of H-pyrrole nitrogens is 1. The summed E-state index contributed by atoms with van der Waals surface area (Å²) in [6, 6.07) is 0.519. The van der Waals surface area contributed by atoms with Crippen LogP contribution in [0.1, 0.15) is 55.1 Å². The van der Waals surface area contributed by atoms with E-state index in [1.165, 1.54) is 61.9 Å². The number of hydrogen-bond donors (Lipinski definition) is 2. The van der Waals surface area contributed by atoms with E-state index < -0.39 is 0 Å². The molecule has 0 saturated carbocycles. The number of aryl methyl sites for hydroxylation is 1. The molecule has 1 unspecified atom stereocenters. The smallest absolute Gasteiger partial charge is 0.0826 e. The van der Waals surface area contributed by atoms with Gasteiger partial charge < -0.3 is 5.32 Å². The third-order valence-electron chi connectivity index (χ3n) is 3.73. The van der Waals surface area contributed by atoms with Gasteiger partial charge in [-0.25, -0.2) is 0 Å². The second kappa shape index (κ2) is 3.97. The van der Waals surface area contributed by atoms with Crippen molar-refractivity contribution < 1.29 is 0 Å². The molecule has 2 heterocycles. The maximum Gasteiger partial charge on any atom is 0.0826 e. The molecule has 1 aromatic heterocycles. The third-order valence-corrected chi connectivity index (χ3v) is 3.73. The van der Waals surface area contributed by atoms with Crippen LogP contribution >= 0.6 is 0 Å². The average molecular weight is 205 g/mol. The van der Waals surface area contributed by atoms with Gasteiger partial charge in [0, 0.05) is 5.69 Å². The Hall–Kier alpha value is -0.830. The summed E-state index contributed by atoms with van der Waals surface area (Å²) in [6.45, 7) is 1.16. The van der Waals surface area contributed by atoms with Crippen LogP contribution in [-0.4, -0.2) is 16.7 Å². The summed E-state index contributed by atoms with van der Waals surface area (Å²) in [5.74, 6) is 0. The maximum atomic E-state index is 4.52. The fourth-order valence-corrected chi connectivity index (χ4v) is 2.90. The van der Waals surface area contributed by atoms with Crippen molar-refractivity contribution in [3.63, 3.8) is 0 Å². The first-order valence-corrected chi connectivity index (χ1v) is 6.24. The summed E-state index contributed by atoms with van der Waals surface area (Å²) in [7, 11) is 0. The van der Waals surface area contributed by atoms with Crippen LogP contribution in [0, 0.1) is 0 Å². The van der Waals surface area contributed by atoms with Crippen LogP contribution in [0.25, 0.3) is 0 Å². The fraction of sp³-hybridized carbons (Fsp3) is 0.750. The number of hydrogen-bond acceptors (Lipinski definition) is 2. The number of nitrogens with zero attached hydrogens (tertiary/aromatic N) is 1. The van der Waals surface area contributed by atoms with Crippen LogP contribution in [0.5, 0.6) is 0 Å². The summed E-state index contributed by atoms with van der Waals surface area (Å²) in [6.07, 6.45) is 9.05. The lowest BCUT2D eigenvalue weighted by atomic mass is 10.0. The number of fused-ring (bicyclic) bond motifs is 1. The quantitative estimate of drug-likeness (QED) is 0.737. The van der Waals surface area contributed by atoms with Gasteiger partial charge in [0.05, 0.1) is 11.7 Å². The molecular formula is C12H19N3. The highest BCUT2D eigenvalue weighted by Gasteiger charge is 2.24. The van der Waals surface area contributed by atoms with Gasteiger partial charge in [0.15, 0.2) is 0 Å². The lowest BCUT2D eigenvalue weighted by Gasteiger charge is -2.14.